The molecule has 1 aromatic carbocycles. The number of nitriles is 1. The van der Waals surface area contributed by atoms with Crippen LogP contribution in [0.3, 0.4) is 0 Å². The first-order chi connectivity index (χ1) is 7.71. The molecule has 0 aliphatic carbocycles. The monoisotopic (exact) mass is 282 g/mol. The van der Waals surface area contributed by atoms with Gasteiger partial charge in [0.15, 0.2) is 0 Å². The fourth-order valence-electron chi connectivity index (χ4n) is 1.47. The molecule has 0 saturated heterocycles. The minimum Gasteiger partial charge on any atom is -0.396 e. The lowest BCUT2D eigenvalue weighted by atomic mass is 10.1. The summed E-state index contributed by atoms with van der Waals surface area (Å²) in [5.74, 6) is 0. The normalized spacial score (nSPS) is 11.9. The number of hydrogen-bond donors (Lipinski definition) is 2. The molecule has 16 heavy (non-hydrogen) atoms. The predicted octanol–water partition coefficient (Wildman–Crippen LogP) is 2.89. The van der Waals surface area contributed by atoms with E-state index >= 15 is 0 Å². The van der Waals surface area contributed by atoms with Crippen LogP contribution in [0.5, 0.6) is 0 Å². The quantitative estimate of drug-likeness (QED) is 0.873. The lowest BCUT2D eigenvalue weighted by Gasteiger charge is -2.17. The molecule has 4 heteroatoms. The summed E-state index contributed by atoms with van der Waals surface area (Å²) in [5, 5.41) is 21.0. The smallest absolute Gasteiger partial charge is 0.100 e. The van der Waals surface area contributed by atoms with Crippen LogP contribution in [0.4, 0.5) is 5.69 Å². The van der Waals surface area contributed by atoms with E-state index < -0.39 is 0 Å². The topological polar surface area (TPSA) is 56.0 Å². The summed E-state index contributed by atoms with van der Waals surface area (Å²) in [6.07, 6.45) is 1.69. The van der Waals surface area contributed by atoms with Gasteiger partial charge in [-0.1, -0.05) is 6.92 Å². The molecule has 1 rings (SSSR count). The highest BCUT2D eigenvalue weighted by Crippen LogP contribution is 2.22. The zero-order chi connectivity index (χ0) is 12.0. The van der Waals surface area contributed by atoms with Crippen molar-refractivity contribution in [1.82, 2.24) is 0 Å². The number of nitrogens with zero attached hydrogens (tertiary/aromatic N) is 1. The Bertz CT molecular complexity index is 387. The Hall–Kier alpha value is -1.05. The van der Waals surface area contributed by atoms with Crippen molar-refractivity contribution >= 4 is 21.6 Å². The van der Waals surface area contributed by atoms with E-state index in [1.165, 1.54) is 0 Å². The molecule has 0 bridgehead atoms. The molecule has 0 radical (unpaired) electrons. The van der Waals surface area contributed by atoms with E-state index in [-0.39, 0.29) is 12.6 Å². The van der Waals surface area contributed by atoms with Crippen molar-refractivity contribution in [1.29, 1.82) is 5.26 Å². The molecule has 1 aromatic rings. The molecule has 0 spiro atoms. The Kier molecular flexibility index (Phi) is 5.30. The van der Waals surface area contributed by atoms with E-state index in [0.717, 1.165) is 23.0 Å². The Balaban J connectivity index is 2.74. The van der Waals surface area contributed by atoms with Crippen molar-refractivity contribution in [2.45, 2.75) is 25.8 Å². The van der Waals surface area contributed by atoms with Gasteiger partial charge in [0, 0.05) is 22.8 Å². The highest BCUT2D eigenvalue weighted by atomic mass is 79.9. The molecule has 3 nitrogen and oxygen atoms in total. The third kappa shape index (κ3) is 3.51. The lowest BCUT2D eigenvalue weighted by molar-refractivity contribution is 0.278. The van der Waals surface area contributed by atoms with Gasteiger partial charge < -0.3 is 10.4 Å². The van der Waals surface area contributed by atoms with Gasteiger partial charge in [-0.05, 0) is 47.0 Å². The number of rotatable bonds is 5. The summed E-state index contributed by atoms with van der Waals surface area (Å²) in [4.78, 5) is 0. The van der Waals surface area contributed by atoms with Crippen molar-refractivity contribution in [3.8, 4) is 6.07 Å². The van der Waals surface area contributed by atoms with E-state index in [2.05, 4.69) is 34.2 Å². The van der Waals surface area contributed by atoms with Crippen LogP contribution in [-0.2, 0) is 0 Å². The van der Waals surface area contributed by atoms with Crippen molar-refractivity contribution in [2.75, 3.05) is 11.9 Å². The number of benzene rings is 1. The Morgan fingerprint density at radius 3 is 2.81 bits per heavy atom. The van der Waals surface area contributed by atoms with Crippen LogP contribution in [0, 0.1) is 11.3 Å². The highest BCUT2D eigenvalue weighted by molar-refractivity contribution is 9.10. The zero-order valence-corrected chi connectivity index (χ0v) is 10.8. The van der Waals surface area contributed by atoms with E-state index in [1.54, 1.807) is 6.07 Å². The van der Waals surface area contributed by atoms with E-state index in [9.17, 15) is 0 Å². The van der Waals surface area contributed by atoms with Crippen molar-refractivity contribution < 1.29 is 5.11 Å². The molecule has 1 unspecified atom stereocenters. The van der Waals surface area contributed by atoms with Crippen LogP contribution < -0.4 is 5.32 Å². The van der Waals surface area contributed by atoms with Crippen molar-refractivity contribution in [3.05, 3.63) is 28.2 Å². The summed E-state index contributed by atoms with van der Waals surface area (Å²) in [7, 11) is 0. The third-order valence-corrected chi connectivity index (χ3v) is 3.09. The lowest BCUT2D eigenvalue weighted by Crippen LogP contribution is -2.19. The van der Waals surface area contributed by atoms with Crippen LogP contribution in [0.2, 0.25) is 0 Å². The Labute approximate surface area is 104 Å². The Morgan fingerprint density at radius 2 is 2.31 bits per heavy atom. The second-order valence-corrected chi connectivity index (χ2v) is 4.42. The molecule has 0 aliphatic heterocycles. The van der Waals surface area contributed by atoms with Crippen LogP contribution >= 0.6 is 15.9 Å². The molecule has 86 valence electrons. The van der Waals surface area contributed by atoms with E-state index in [1.807, 2.05) is 12.1 Å². The van der Waals surface area contributed by atoms with Gasteiger partial charge in [0.25, 0.3) is 0 Å². The maximum absolute atomic E-state index is 8.89. The molecule has 0 fully saturated rings. The van der Waals surface area contributed by atoms with Crippen LogP contribution in [0.1, 0.15) is 25.3 Å². The molecule has 0 heterocycles. The number of halogens is 1. The number of anilines is 1. The van der Waals surface area contributed by atoms with Crippen molar-refractivity contribution in [2.24, 2.45) is 0 Å². The second-order valence-electron chi connectivity index (χ2n) is 3.57. The standard InChI is InChI=1S/C12H15BrN2O/c1-2-10(5-6-16)15-11-4-3-9(8-14)12(13)7-11/h3-4,7,10,15-16H,2,5-6H2,1H3. The van der Waals surface area contributed by atoms with E-state index in [0.29, 0.717) is 5.56 Å². The number of hydrogen-bond acceptors (Lipinski definition) is 3. The van der Waals surface area contributed by atoms with Gasteiger partial charge in [-0.2, -0.15) is 5.26 Å². The molecule has 0 saturated carbocycles. The summed E-state index contributed by atoms with van der Waals surface area (Å²) in [6.45, 7) is 2.26. The van der Waals surface area contributed by atoms with Crippen molar-refractivity contribution in [3.63, 3.8) is 0 Å². The van der Waals surface area contributed by atoms with Gasteiger partial charge in [-0.25, -0.2) is 0 Å². The molecule has 0 amide bonds. The van der Waals surface area contributed by atoms with Crippen LogP contribution in [0.25, 0.3) is 0 Å². The summed E-state index contributed by atoms with van der Waals surface area (Å²) in [5.41, 5.74) is 1.59. The van der Waals surface area contributed by atoms with Gasteiger partial charge in [-0.15, -0.1) is 0 Å². The summed E-state index contributed by atoms with van der Waals surface area (Å²) in [6, 6.07) is 7.91. The van der Waals surface area contributed by atoms with Gasteiger partial charge in [-0.3, -0.25) is 0 Å². The number of aliphatic hydroxyl groups excluding tert-OH is 1. The maximum Gasteiger partial charge on any atom is 0.100 e. The average molecular weight is 283 g/mol. The highest BCUT2D eigenvalue weighted by Gasteiger charge is 2.06. The number of nitrogens with one attached hydrogen (secondary N) is 1. The van der Waals surface area contributed by atoms with Crippen LogP contribution in [0.15, 0.2) is 22.7 Å². The Morgan fingerprint density at radius 1 is 1.56 bits per heavy atom. The van der Waals surface area contributed by atoms with Crippen LogP contribution in [-0.4, -0.2) is 17.8 Å². The van der Waals surface area contributed by atoms with Gasteiger partial charge in [0.1, 0.15) is 6.07 Å². The average Bonchev–Trinajstić information content (AvgIpc) is 2.28. The third-order valence-electron chi connectivity index (χ3n) is 2.43. The zero-order valence-electron chi connectivity index (χ0n) is 9.20. The number of aliphatic hydroxyl groups is 1. The maximum atomic E-state index is 8.89. The van der Waals surface area contributed by atoms with Gasteiger partial charge >= 0.3 is 0 Å². The molecule has 2 N–H and O–H groups in total. The molecule has 1 atom stereocenters. The fraction of sp³-hybridized carbons (Fsp3) is 0.417. The first-order valence-electron chi connectivity index (χ1n) is 5.28. The fourth-order valence-corrected chi connectivity index (χ4v) is 1.93. The molecule has 0 aliphatic rings. The van der Waals surface area contributed by atoms with E-state index in [4.69, 9.17) is 10.4 Å². The minimum atomic E-state index is 0.183. The first-order valence-corrected chi connectivity index (χ1v) is 6.07. The first kappa shape index (κ1) is 13.0. The largest absolute Gasteiger partial charge is 0.396 e. The minimum absolute atomic E-state index is 0.183. The molecular formula is C12H15BrN2O. The SMILES string of the molecule is CCC(CCO)Nc1ccc(C#N)c(Br)c1. The predicted molar refractivity (Wildman–Crippen MR) is 68.3 cm³/mol. The second kappa shape index (κ2) is 6.51. The summed E-state index contributed by atoms with van der Waals surface area (Å²) >= 11 is 3.35. The van der Waals surface area contributed by atoms with Gasteiger partial charge in [0.2, 0.25) is 0 Å². The summed E-state index contributed by atoms with van der Waals surface area (Å²) < 4.78 is 0.791. The molecular weight excluding hydrogens is 268 g/mol. The van der Waals surface area contributed by atoms with Gasteiger partial charge in [0.05, 0.1) is 5.56 Å². The molecule has 0 aromatic heterocycles.